The van der Waals surface area contributed by atoms with E-state index in [9.17, 15) is 0 Å². The fourth-order valence-electron chi connectivity index (χ4n) is 2.69. The maximum absolute atomic E-state index is 6.27. The molecule has 0 unspecified atom stereocenters. The second-order valence-electron chi connectivity index (χ2n) is 5.28. The second-order valence-corrected chi connectivity index (χ2v) is 6.69. The molecule has 1 heterocycles. The van der Waals surface area contributed by atoms with Crippen LogP contribution in [0.15, 0.2) is 61.2 Å². The average molecular weight is 328 g/mol. The molecule has 0 radical (unpaired) electrons. The highest BCUT2D eigenvalue weighted by molar-refractivity contribution is 8.01. The zero-order chi connectivity index (χ0) is 16.3. The van der Waals surface area contributed by atoms with Crippen molar-refractivity contribution in [2.45, 2.75) is 10.2 Å². The molecule has 1 atom stereocenters. The van der Waals surface area contributed by atoms with Crippen molar-refractivity contribution in [3.63, 3.8) is 0 Å². The standard InChI is InChI=1S/C19H20O3S/c1-4-18-13-22-19(23-18,14-5-9-16(20-2)10-6-14)15-7-11-17(21-3)12-8-15/h4-12,18H,1,13H2,2-3H3/t18-/m0/s1. The van der Waals surface area contributed by atoms with E-state index in [4.69, 9.17) is 14.2 Å². The van der Waals surface area contributed by atoms with Crippen molar-refractivity contribution < 1.29 is 14.2 Å². The zero-order valence-corrected chi connectivity index (χ0v) is 14.1. The Balaban J connectivity index is 2.04. The molecular formula is C19H20O3S. The fourth-order valence-corrected chi connectivity index (χ4v) is 4.03. The van der Waals surface area contributed by atoms with E-state index in [1.165, 1.54) is 0 Å². The molecule has 0 aromatic heterocycles. The van der Waals surface area contributed by atoms with Crippen LogP contribution in [0.5, 0.6) is 11.5 Å². The number of ether oxygens (including phenoxy) is 3. The summed E-state index contributed by atoms with van der Waals surface area (Å²) in [5.74, 6) is 1.67. The Bertz CT molecular complexity index is 617. The maximum Gasteiger partial charge on any atom is 0.165 e. The number of benzene rings is 2. The Labute approximate surface area is 141 Å². The molecule has 3 rings (SSSR count). The van der Waals surface area contributed by atoms with Gasteiger partial charge in [-0.05, 0) is 35.4 Å². The molecule has 3 nitrogen and oxygen atoms in total. The molecule has 4 heteroatoms. The molecule has 2 aromatic carbocycles. The van der Waals surface area contributed by atoms with E-state index in [1.807, 2.05) is 30.3 Å². The molecule has 0 spiro atoms. The number of methoxy groups -OCH3 is 2. The molecule has 0 bridgehead atoms. The molecule has 1 aliphatic rings. The van der Waals surface area contributed by atoms with E-state index in [2.05, 4.69) is 30.8 Å². The van der Waals surface area contributed by atoms with Crippen molar-refractivity contribution in [2.75, 3.05) is 20.8 Å². The molecule has 120 valence electrons. The fraction of sp³-hybridized carbons (Fsp3) is 0.263. The summed E-state index contributed by atoms with van der Waals surface area (Å²) in [7, 11) is 3.34. The summed E-state index contributed by atoms with van der Waals surface area (Å²) in [4.78, 5) is -0.530. The molecule has 1 fully saturated rings. The summed E-state index contributed by atoms with van der Waals surface area (Å²) in [5, 5.41) is 0.263. The topological polar surface area (TPSA) is 27.7 Å². The van der Waals surface area contributed by atoms with E-state index in [0.717, 1.165) is 22.6 Å². The molecule has 0 N–H and O–H groups in total. The molecule has 23 heavy (non-hydrogen) atoms. The number of rotatable bonds is 5. The Hall–Kier alpha value is -1.91. The average Bonchev–Trinajstić information content (AvgIpc) is 3.07. The van der Waals surface area contributed by atoms with Gasteiger partial charge in [-0.3, -0.25) is 0 Å². The van der Waals surface area contributed by atoms with Crippen LogP contribution in [-0.4, -0.2) is 26.1 Å². The van der Waals surface area contributed by atoms with Crippen LogP contribution in [0.1, 0.15) is 11.1 Å². The minimum Gasteiger partial charge on any atom is -0.497 e. The van der Waals surface area contributed by atoms with Gasteiger partial charge in [0.1, 0.15) is 11.5 Å². The molecule has 1 aliphatic heterocycles. The van der Waals surface area contributed by atoms with Crippen LogP contribution in [0, 0.1) is 0 Å². The lowest BCUT2D eigenvalue weighted by Crippen LogP contribution is -2.23. The largest absolute Gasteiger partial charge is 0.497 e. The van der Waals surface area contributed by atoms with Crippen molar-refractivity contribution in [1.82, 2.24) is 0 Å². The van der Waals surface area contributed by atoms with E-state index in [-0.39, 0.29) is 5.25 Å². The van der Waals surface area contributed by atoms with Gasteiger partial charge in [0.05, 0.1) is 20.8 Å². The lowest BCUT2D eigenvalue weighted by Gasteiger charge is -2.29. The van der Waals surface area contributed by atoms with Crippen molar-refractivity contribution >= 4 is 11.8 Å². The van der Waals surface area contributed by atoms with Gasteiger partial charge < -0.3 is 14.2 Å². The Morgan fingerprint density at radius 2 is 1.48 bits per heavy atom. The van der Waals surface area contributed by atoms with Crippen molar-refractivity contribution in [1.29, 1.82) is 0 Å². The van der Waals surface area contributed by atoms with Crippen LogP contribution in [-0.2, 0) is 9.67 Å². The summed E-state index contributed by atoms with van der Waals surface area (Å²) in [6.45, 7) is 4.55. The van der Waals surface area contributed by atoms with Crippen molar-refractivity contribution in [3.05, 3.63) is 72.3 Å². The summed E-state index contributed by atoms with van der Waals surface area (Å²) in [5.41, 5.74) is 2.19. The third kappa shape index (κ3) is 2.96. The lowest BCUT2D eigenvalue weighted by molar-refractivity contribution is 0.0763. The maximum atomic E-state index is 6.27. The summed E-state index contributed by atoms with van der Waals surface area (Å²) in [6, 6.07) is 16.1. The monoisotopic (exact) mass is 328 g/mol. The molecule has 1 saturated heterocycles. The van der Waals surface area contributed by atoms with Gasteiger partial charge in [0, 0.05) is 5.25 Å². The van der Waals surface area contributed by atoms with Gasteiger partial charge in [-0.2, -0.15) is 0 Å². The van der Waals surface area contributed by atoms with E-state index in [0.29, 0.717) is 6.61 Å². The van der Waals surface area contributed by atoms with Crippen LogP contribution >= 0.6 is 11.8 Å². The van der Waals surface area contributed by atoms with Crippen LogP contribution in [0.25, 0.3) is 0 Å². The highest BCUT2D eigenvalue weighted by Gasteiger charge is 2.43. The van der Waals surface area contributed by atoms with E-state index in [1.54, 1.807) is 26.0 Å². The molecule has 0 saturated carbocycles. The van der Waals surface area contributed by atoms with Gasteiger partial charge in [0.25, 0.3) is 0 Å². The highest BCUT2D eigenvalue weighted by atomic mass is 32.2. The Morgan fingerprint density at radius 1 is 1.00 bits per heavy atom. The first-order valence-electron chi connectivity index (χ1n) is 7.45. The zero-order valence-electron chi connectivity index (χ0n) is 13.3. The van der Waals surface area contributed by atoms with E-state index >= 15 is 0 Å². The molecular weight excluding hydrogens is 308 g/mol. The predicted molar refractivity (Wildman–Crippen MR) is 94.3 cm³/mol. The predicted octanol–water partition coefficient (Wildman–Crippen LogP) is 4.22. The van der Waals surface area contributed by atoms with Crippen LogP contribution in [0.2, 0.25) is 0 Å². The number of hydrogen-bond acceptors (Lipinski definition) is 4. The van der Waals surface area contributed by atoms with Crippen molar-refractivity contribution in [3.8, 4) is 11.5 Å². The van der Waals surface area contributed by atoms with Gasteiger partial charge in [0.15, 0.2) is 4.93 Å². The first kappa shape index (κ1) is 16.0. The third-order valence-corrected chi connectivity index (χ3v) is 5.52. The van der Waals surface area contributed by atoms with Crippen molar-refractivity contribution in [2.24, 2.45) is 0 Å². The van der Waals surface area contributed by atoms with Gasteiger partial charge in [-0.1, -0.05) is 30.3 Å². The molecule has 0 aliphatic carbocycles. The van der Waals surface area contributed by atoms with E-state index < -0.39 is 4.93 Å². The number of hydrogen-bond donors (Lipinski definition) is 0. The number of thioether (sulfide) groups is 1. The van der Waals surface area contributed by atoms with Gasteiger partial charge >= 0.3 is 0 Å². The highest BCUT2D eigenvalue weighted by Crippen LogP contribution is 2.51. The second kappa shape index (κ2) is 6.69. The van der Waals surface area contributed by atoms with Crippen LogP contribution in [0.4, 0.5) is 0 Å². The van der Waals surface area contributed by atoms with Crippen LogP contribution in [0.3, 0.4) is 0 Å². The Kier molecular flexibility index (Phi) is 4.64. The normalized spacial score (nSPS) is 19.3. The lowest BCUT2D eigenvalue weighted by atomic mass is 10.00. The third-order valence-electron chi connectivity index (χ3n) is 3.97. The minimum atomic E-state index is -0.530. The molecule has 2 aromatic rings. The minimum absolute atomic E-state index is 0.263. The summed E-state index contributed by atoms with van der Waals surface area (Å²) in [6.07, 6.45) is 1.94. The molecule has 0 amide bonds. The van der Waals surface area contributed by atoms with Gasteiger partial charge in [-0.15, -0.1) is 18.3 Å². The SMILES string of the molecule is C=C[C@H]1COC(c2ccc(OC)cc2)(c2ccc(OC)cc2)S1. The van der Waals surface area contributed by atoms with Crippen LogP contribution < -0.4 is 9.47 Å². The smallest absolute Gasteiger partial charge is 0.165 e. The Morgan fingerprint density at radius 3 is 1.83 bits per heavy atom. The first-order valence-corrected chi connectivity index (χ1v) is 8.33. The quantitative estimate of drug-likeness (QED) is 0.768. The first-order chi connectivity index (χ1) is 11.2. The summed E-state index contributed by atoms with van der Waals surface area (Å²) >= 11 is 1.77. The van der Waals surface area contributed by atoms with Gasteiger partial charge in [-0.25, -0.2) is 0 Å². The van der Waals surface area contributed by atoms with Gasteiger partial charge in [0.2, 0.25) is 0 Å². The summed E-state index contributed by atoms with van der Waals surface area (Å²) < 4.78 is 16.8.